The molecule has 0 bridgehead atoms. The van der Waals surface area contributed by atoms with Crippen LogP contribution >= 0.6 is 15.9 Å². The molecule has 0 radical (unpaired) electrons. The fourth-order valence-electron chi connectivity index (χ4n) is 1.51. The number of carbonyl (C=O) groups excluding carboxylic acids is 1. The van der Waals surface area contributed by atoms with Crippen LogP contribution in [-0.4, -0.2) is 27.5 Å². The molecule has 0 saturated heterocycles. The Hall–Kier alpha value is -1.96. The highest BCUT2D eigenvalue weighted by Crippen LogP contribution is 2.31. The number of halogens is 1. The van der Waals surface area contributed by atoms with Crippen molar-refractivity contribution in [1.29, 1.82) is 0 Å². The highest BCUT2D eigenvalue weighted by Gasteiger charge is 2.22. The number of nitro groups is 1. The third kappa shape index (κ3) is 2.06. The number of ether oxygens (including phenoxy) is 1. The second-order valence-electron chi connectivity index (χ2n) is 3.36. The van der Waals surface area contributed by atoms with Gasteiger partial charge in [0.25, 0.3) is 0 Å². The number of imidazole rings is 1. The molecular weight excluding hydrogens is 306 g/mol. The summed E-state index contributed by atoms with van der Waals surface area (Å²) in [6, 6.07) is 3.12. The number of rotatable bonds is 3. The second-order valence-corrected chi connectivity index (χ2v) is 4.21. The second kappa shape index (κ2) is 4.73. The molecule has 8 heteroatoms. The number of nitrogens with one attached hydrogen (secondary N) is 1. The van der Waals surface area contributed by atoms with Crippen molar-refractivity contribution < 1.29 is 14.5 Å². The molecule has 18 heavy (non-hydrogen) atoms. The summed E-state index contributed by atoms with van der Waals surface area (Å²) in [5.41, 5.74) is 0.352. The molecule has 0 aliphatic carbocycles. The Bertz CT molecular complexity index is 637. The zero-order chi connectivity index (χ0) is 13.3. The number of benzene rings is 1. The molecule has 1 N–H and O–H groups in total. The Balaban J connectivity index is 2.61. The van der Waals surface area contributed by atoms with Crippen LogP contribution in [0.4, 0.5) is 5.69 Å². The van der Waals surface area contributed by atoms with Crippen molar-refractivity contribution in [3.8, 4) is 0 Å². The molecule has 1 aromatic heterocycles. The van der Waals surface area contributed by atoms with Crippen LogP contribution in [0.25, 0.3) is 11.0 Å². The molecule has 0 amide bonds. The minimum atomic E-state index is -0.640. The fraction of sp³-hybridized carbons (Fsp3) is 0.200. The number of H-pyrrole nitrogens is 1. The molecule has 7 nitrogen and oxygen atoms in total. The van der Waals surface area contributed by atoms with E-state index in [1.54, 1.807) is 13.0 Å². The average molecular weight is 314 g/mol. The third-order valence-electron chi connectivity index (χ3n) is 2.23. The lowest BCUT2D eigenvalue weighted by Crippen LogP contribution is -2.06. The maximum absolute atomic E-state index is 11.5. The summed E-state index contributed by atoms with van der Waals surface area (Å²) in [6.07, 6.45) is 0. The molecule has 0 aliphatic heterocycles. The molecular formula is C10H8BrN3O4. The monoisotopic (exact) mass is 313 g/mol. The topological polar surface area (TPSA) is 98.1 Å². The van der Waals surface area contributed by atoms with Crippen LogP contribution in [0.3, 0.4) is 0 Å². The van der Waals surface area contributed by atoms with E-state index in [-0.39, 0.29) is 23.6 Å². The highest BCUT2D eigenvalue weighted by molar-refractivity contribution is 9.10. The van der Waals surface area contributed by atoms with Gasteiger partial charge in [0.2, 0.25) is 5.82 Å². The van der Waals surface area contributed by atoms with Gasteiger partial charge in [0.15, 0.2) is 5.52 Å². The van der Waals surface area contributed by atoms with Crippen LogP contribution in [0.5, 0.6) is 0 Å². The van der Waals surface area contributed by atoms with Gasteiger partial charge in [0.1, 0.15) is 0 Å². The summed E-state index contributed by atoms with van der Waals surface area (Å²) in [7, 11) is 0. The molecule has 1 heterocycles. The summed E-state index contributed by atoms with van der Waals surface area (Å²) in [5, 5.41) is 10.9. The molecule has 0 saturated carbocycles. The van der Waals surface area contributed by atoms with Crippen LogP contribution in [0.1, 0.15) is 17.5 Å². The van der Waals surface area contributed by atoms with Crippen LogP contribution in [-0.2, 0) is 4.74 Å². The molecule has 0 fully saturated rings. The van der Waals surface area contributed by atoms with Crippen molar-refractivity contribution in [2.45, 2.75) is 6.92 Å². The highest BCUT2D eigenvalue weighted by atomic mass is 79.9. The van der Waals surface area contributed by atoms with Gasteiger partial charge < -0.3 is 9.72 Å². The quantitative estimate of drug-likeness (QED) is 0.533. The van der Waals surface area contributed by atoms with Crippen molar-refractivity contribution in [1.82, 2.24) is 9.97 Å². The molecule has 0 spiro atoms. The van der Waals surface area contributed by atoms with E-state index in [9.17, 15) is 14.9 Å². The van der Waals surface area contributed by atoms with Crippen molar-refractivity contribution in [3.63, 3.8) is 0 Å². The summed E-state index contributed by atoms with van der Waals surface area (Å²) in [5.74, 6) is -0.688. The first-order chi connectivity index (χ1) is 8.54. The normalized spacial score (nSPS) is 10.6. The van der Waals surface area contributed by atoms with E-state index >= 15 is 0 Å². The maximum atomic E-state index is 11.5. The number of aromatic nitrogens is 2. The maximum Gasteiger partial charge on any atom is 0.374 e. The summed E-state index contributed by atoms with van der Waals surface area (Å²) >= 11 is 3.08. The van der Waals surface area contributed by atoms with Crippen molar-refractivity contribution >= 4 is 38.6 Å². The summed E-state index contributed by atoms with van der Waals surface area (Å²) < 4.78 is 5.08. The van der Waals surface area contributed by atoms with E-state index in [2.05, 4.69) is 25.9 Å². The lowest BCUT2D eigenvalue weighted by atomic mass is 10.3. The lowest BCUT2D eigenvalue weighted by Gasteiger charge is -1.95. The minimum absolute atomic E-state index is 0.0481. The summed E-state index contributed by atoms with van der Waals surface area (Å²) in [4.78, 5) is 28.5. The van der Waals surface area contributed by atoms with Crippen LogP contribution in [0.15, 0.2) is 16.6 Å². The fourth-order valence-corrected chi connectivity index (χ4v) is 1.97. The van der Waals surface area contributed by atoms with E-state index in [0.717, 1.165) is 0 Å². The minimum Gasteiger partial charge on any atom is -0.460 e. The zero-order valence-electron chi connectivity index (χ0n) is 9.27. The van der Waals surface area contributed by atoms with Crippen LogP contribution in [0, 0.1) is 10.1 Å². The first kappa shape index (κ1) is 12.5. The van der Waals surface area contributed by atoms with Gasteiger partial charge in [-0.3, -0.25) is 10.1 Å². The number of fused-ring (bicyclic) bond motifs is 1. The largest absolute Gasteiger partial charge is 0.460 e. The van der Waals surface area contributed by atoms with Gasteiger partial charge >= 0.3 is 11.7 Å². The van der Waals surface area contributed by atoms with Gasteiger partial charge in [-0.05, 0) is 35.0 Å². The first-order valence-electron chi connectivity index (χ1n) is 5.04. The standard InChI is InChI=1S/C10H8BrN3O4/c1-2-18-10(15)9-12-6-4-3-5(11)8(14(16)17)7(6)13-9/h3-4H,2H2,1H3,(H,12,13). The molecule has 1 aromatic carbocycles. The van der Waals surface area contributed by atoms with Gasteiger partial charge in [0, 0.05) is 0 Å². The Labute approximate surface area is 109 Å². The molecule has 0 aliphatic rings. The van der Waals surface area contributed by atoms with Crippen LogP contribution < -0.4 is 0 Å². The van der Waals surface area contributed by atoms with E-state index in [1.165, 1.54) is 6.07 Å². The molecule has 94 valence electrons. The molecule has 2 aromatic rings. The van der Waals surface area contributed by atoms with Gasteiger partial charge in [-0.2, -0.15) is 0 Å². The zero-order valence-corrected chi connectivity index (χ0v) is 10.9. The SMILES string of the molecule is CCOC(=O)c1nc2c([N+](=O)[O-])c(Br)ccc2[nH]1. The van der Waals surface area contributed by atoms with E-state index in [4.69, 9.17) is 4.74 Å². The number of hydrogen-bond donors (Lipinski definition) is 1. The molecule has 2 rings (SSSR count). The molecule has 0 atom stereocenters. The predicted octanol–water partition coefficient (Wildman–Crippen LogP) is 2.41. The molecule has 0 unspecified atom stereocenters. The number of nitrogens with zero attached hydrogens (tertiary/aromatic N) is 2. The summed E-state index contributed by atoms with van der Waals surface area (Å²) in [6.45, 7) is 1.88. The van der Waals surface area contributed by atoms with E-state index < -0.39 is 10.9 Å². The first-order valence-corrected chi connectivity index (χ1v) is 5.83. The third-order valence-corrected chi connectivity index (χ3v) is 2.87. The van der Waals surface area contributed by atoms with E-state index in [1.807, 2.05) is 0 Å². The van der Waals surface area contributed by atoms with Crippen molar-refractivity contribution in [2.24, 2.45) is 0 Å². The number of hydrogen-bond acceptors (Lipinski definition) is 5. The van der Waals surface area contributed by atoms with Crippen molar-refractivity contribution in [3.05, 3.63) is 32.5 Å². The number of esters is 1. The van der Waals surface area contributed by atoms with Gasteiger partial charge in [-0.15, -0.1) is 0 Å². The number of carbonyl (C=O) groups is 1. The smallest absolute Gasteiger partial charge is 0.374 e. The Kier molecular flexibility index (Phi) is 3.28. The van der Waals surface area contributed by atoms with Gasteiger partial charge in [-0.25, -0.2) is 9.78 Å². The Morgan fingerprint density at radius 2 is 2.33 bits per heavy atom. The lowest BCUT2D eigenvalue weighted by molar-refractivity contribution is -0.384. The number of aromatic amines is 1. The Morgan fingerprint density at radius 3 is 2.94 bits per heavy atom. The number of nitro benzene ring substituents is 1. The van der Waals surface area contributed by atoms with Crippen molar-refractivity contribution in [2.75, 3.05) is 6.61 Å². The Morgan fingerprint density at radius 1 is 1.61 bits per heavy atom. The van der Waals surface area contributed by atoms with E-state index in [0.29, 0.717) is 9.99 Å². The van der Waals surface area contributed by atoms with Crippen LogP contribution in [0.2, 0.25) is 0 Å². The average Bonchev–Trinajstić information content (AvgIpc) is 2.72. The van der Waals surface area contributed by atoms with Gasteiger partial charge in [0.05, 0.1) is 21.5 Å². The van der Waals surface area contributed by atoms with Gasteiger partial charge in [-0.1, -0.05) is 0 Å². The predicted molar refractivity (Wildman–Crippen MR) is 66.4 cm³/mol.